The lowest BCUT2D eigenvalue weighted by molar-refractivity contribution is 0.537. The summed E-state index contributed by atoms with van der Waals surface area (Å²) < 4.78 is 13.4. The van der Waals surface area contributed by atoms with E-state index in [9.17, 15) is 4.39 Å². The average molecular weight is 238 g/mol. The molecule has 0 saturated carbocycles. The summed E-state index contributed by atoms with van der Waals surface area (Å²) in [5.41, 5.74) is 0.496. The summed E-state index contributed by atoms with van der Waals surface area (Å²) in [7, 11) is 0. The van der Waals surface area contributed by atoms with Gasteiger partial charge < -0.3 is 5.32 Å². The number of thioether (sulfide) groups is 1. The predicted molar refractivity (Wildman–Crippen MR) is 68.5 cm³/mol. The van der Waals surface area contributed by atoms with Crippen LogP contribution >= 0.6 is 11.8 Å². The molecule has 1 N–H and O–H groups in total. The second kappa shape index (κ2) is 4.87. The summed E-state index contributed by atoms with van der Waals surface area (Å²) >= 11 is 1.65. The topological polar surface area (TPSA) is 24.4 Å². The van der Waals surface area contributed by atoms with Gasteiger partial charge in [-0.25, -0.2) is 4.39 Å². The molecule has 0 amide bonds. The summed E-state index contributed by atoms with van der Waals surface area (Å²) in [6.45, 7) is 4.27. The molecule has 1 aromatic carbocycles. The third-order valence-corrected chi connectivity index (χ3v) is 3.92. The highest BCUT2D eigenvalue weighted by atomic mass is 32.2. The van der Waals surface area contributed by atoms with Gasteiger partial charge in [-0.1, -0.05) is 30.8 Å². The van der Waals surface area contributed by atoms with E-state index in [2.05, 4.69) is 24.2 Å². The fourth-order valence-electron chi connectivity index (χ4n) is 1.45. The van der Waals surface area contributed by atoms with Crippen molar-refractivity contribution in [3.63, 3.8) is 0 Å². The van der Waals surface area contributed by atoms with Gasteiger partial charge in [0.05, 0.1) is 11.7 Å². The minimum Gasteiger partial charge on any atom is -0.333 e. The molecule has 0 radical (unpaired) electrons. The van der Waals surface area contributed by atoms with Crippen LogP contribution in [-0.2, 0) is 0 Å². The van der Waals surface area contributed by atoms with Gasteiger partial charge in [0, 0.05) is 5.75 Å². The van der Waals surface area contributed by atoms with Crippen LogP contribution in [0.3, 0.4) is 0 Å². The maximum absolute atomic E-state index is 13.4. The van der Waals surface area contributed by atoms with Gasteiger partial charge in [0.25, 0.3) is 0 Å². The normalized spacial score (nSPS) is 25.1. The maximum Gasteiger partial charge on any atom is 0.161 e. The second-order valence-electron chi connectivity index (χ2n) is 4.07. The van der Waals surface area contributed by atoms with Gasteiger partial charge in [-0.2, -0.15) is 0 Å². The van der Waals surface area contributed by atoms with Crippen molar-refractivity contribution in [3.05, 3.63) is 30.1 Å². The third-order valence-electron chi connectivity index (χ3n) is 2.74. The van der Waals surface area contributed by atoms with Gasteiger partial charge in [0.15, 0.2) is 5.17 Å². The van der Waals surface area contributed by atoms with Crippen molar-refractivity contribution < 1.29 is 4.39 Å². The highest BCUT2D eigenvalue weighted by Gasteiger charge is 2.19. The van der Waals surface area contributed by atoms with Crippen LogP contribution in [0.25, 0.3) is 0 Å². The first kappa shape index (κ1) is 11.5. The second-order valence-corrected chi connectivity index (χ2v) is 5.08. The lowest BCUT2D eigenvalue weighted by Crippen LogP contribution is -2.25. The number of para-hydroxylation sites is 1. The van der Waals surface area contributed by atoms with Gasteiger partial charge in [0.1, 0.15) is 5.82 Å². The van der Waals surface area contributed by atoms with Crippen molar-refractivity contribution in [1.82, 2.24) is 0 Å². The smallest absolute Gasteiger partial charge is 0.161 e. The van der Waals surface area contributed by atoms with Crippen molar-refractivity contribution in [1.29, 1.82) is 0 Å². The highest BCUT2D eigenvalue weighted by molar-refractivity contribution is 8.14. The van der Waals surface area contributed by atoms with Crippen LogP contribution in [0.2, 0.25) is 0 Å². The zero-order valence-corrected chi connectivity index (χ0v) is 10.2. The summed E-state index contributed by atoms with van der Waals surface area (Å²) in [6, 6.07) is 6.96. The molecule has 0 saturated heterocycles. The molecule has 0 aromatic heterocycles. The molecule has 2 atom stereocenters. The molecular formula is C12H15FN2S. The van der Waals surface area contributed by atoms with E-state index >= 15 is 0 Å². The molecule has 0 fully saturated rings. The van der Waals surface area contributed by atoms with E-state index in [1.807, 2.05) is 6.07 Å². The molecule has 86 valence electrons. The number of benzene rings is 1. The van der Waals surface area contributed by atoms with Gasteiger partial charge in [-0.05, 0) is 25.0 Å². The van der Waals surface area contributed by atoms with Gasteiger partial charge in [-0.15, -0.1) is 0 Å². The fraction of sp³-hybridized carbons (Fsp3) is 0.417. The zero-order valence-electron chi connectivity index (χ0n) is 9.40. The molecule has 2 unspecified atom stereocenters. The fourth-order valence-corrected chi connectivity index (χ4v) is 2.57. The maximum atomic E-state index is 13.4. The summed E-state index contributed by atoms with van der Waals surface area (Å²) in [5, 5.41) is 3.85. The Labute approximate surface area is 99.3 Å². The Morgan fingerprint density at radius 3 is 2.81 bits per heavy atom. The molecule has 1 heterocycles. The number of aliphatic imine (C=N–C) groups is 1. The molecule has 16 heavy (non-hydrogen) atoms. The number of amidine groups is 1. The molecule has 0 bridgehead atoms. The Morgan fingerprint density at radius 2 is 2.12 bits per heavy atom. The standard InChI is InChI=1S/C12H15FN2S/c1-8-7-16-12(14-9(8)2)15-11-6-4-3-5-10(11)13/h3-6,8-9H,7H2,1-2H3,(H,14,15). The number of hydrogen-bond donors (Lipinski definition) is 1. The Balaban J connectivity index is 2.11. The van der Waals surface area contributed by atoms with E-state index in [1.54, 1.807) is 23.9 Å². The summed E-state index contributed by atoms with van der Waals surface area (Å²) in [5.74, 6) is 1.37. The van der Waals surface area contributed by atoms with Crippen LogP contribution < -0.4 is 5.32 Å². The number of nitrogens with zero attached hydrogens (tertiary/aromatic N) is 1. The van der Waals surface area contributed by atoms with Crippen LogP contribution in [0.15, 0.2) is 29.3 Å². The molecule has 0 aliphatic carbocycles. The Bertz CT molecular complexity index is 406. The SMILES string of the molecule is CC1CSC(Nc2ccccc2F)=NC1C. The van der Waals surface area contributed by atoms with Crippen LogP contribution in [0, 0.1) is 11.7 Å². The minimum atomic E-state index is -0.239. The lowest BCUT2D eigenvalue weighted by atomic mass is 10.1. The molecular weight excluding hydrogens is 223 g/mol. The van der Waals surface area contributed by atoms with Crippen molar-refractivity contribution in [2.24, 2.45) is 10.9 Å². The van der Waals surface area contributed by atoms with E-state index in [1.165, 1.54) is 6.07 Å². The number of halogens is 1. The first-order valence-electron chi connectivity index (χ1n) is 5.39. The van der Waals surface area contributed by atoms with Crippen molar-refractivity contribution >= 4 is 22.6 Å². The number of nitrogens with one attached hydrogen (secondary N) is 1. The first-order chi connectivity index (χ1) is 7.66. The number of hydrogen-bond acceptors (Lipinski definition) is 3. The van der Waals surface area contributed by atoms with Gasteiger partial charge in [-0.3, -0.25) is 4.99 Å². The molecule has 1 aliphatic rings. The first-order valence-corrected chi connectivity index (χ1v) is 6.37. The Kier molecular flexibility index (Phi) is 3.49. The Morgan fingerprint density at radius 1 is 1.38 bits per heavy atom. The van der Waals surface area contributed by atoms with Crippen LogP contribution in [0.5, 0.6) is 0 Å². The van der Waals surface area contributed by atoms with Crippen LogP contribution in [0.4, 0.5) is 10.1 Å². The van der Waals surface area contributed by atoms with E-state index in [-0.39, 0.29) is 5.82 Å². The third kappa shape index (κ3) is 2.55. The van der Waals surface area contributed by atoms with E-state index in [0.717, 1.165) is 10.9 Å². The van der Waals surface area contributed by atoms with E-state index in [4.69, 9.17) is 0 Å². The number of rotatable bonds is 1. The Hall–Kier alpha value is -1.03. The molecule has 0 spiro atoms. The predicted octanol–water partition coefficient (Wildman–Crippen LogP) is 3.37. The minimum absolute atomic E-state index is 0.239. The molecule has 1 aliphatic heterocycles. The highest BCUT2D eigenvalue weighted by Crippen LogP contribution is 2.24. The largest absolute Gasteiger partial charge is 0.333 e. The van der Waals surface area contributed by atoms with Crippen molar-refractivity contribution in [3.8, 4) is 0 Å². The zero-order chi connectivity index (χ0) is 11.5. The van der Waals surface area contributed by atoms with Crippen molar-refractivity contribution in [2.75, 3.05) is 11.1 Å². The molecule has 4 heteroatoms. The lowest BCUT2D eigenvalue weighted by Gasteiger charge is -2.23. The van der Waals surface area contributed by atoms with E-state index in [0.29, 0.717) is 17.6 Å². The van der Waals surface area contributed by atoms with E-state index < -0.39 is 0 Å². The summed E-state index contributed by atoms with van der Waals surface area (Å²) in [4.78, 5) is 4.50. The van der Waals surface area contributed by atoms with Gasteiger partial charge >= 0.3 is 0 Å². The molecule has 2 nitrogen and oxygen atoms in total. The summed E-state index contributed by atoms with van der Waals surface area (Å²) in [6.07, 6.45) is 0. The monoisotopic (exact) mass is 238 g/mol. The molecule has 2 rings (SSSR count). The van der Waals surface area contributed by atoms with Crippen molar-refractivity contribution in [2.45, 2.75) is 19.9 Å². The van der Waals surface area contributed by atoms with Crippen LogP contribution in [0.1, 0.15) is 13.8 Å². The molecule has 1 aromatic rings. The quantitative estimate of drug-likeness (QED) is 0.811. The number of anilines is 1. The average Bonchev–Trinajstić information content (AvgIpc) is 2.27. The van der Waals surface area contributed by atoms with Gasteiger partial charge in [0.2, 0.25) is 0 Å². The van der Waals surface area contributed by atoms with Crippen LogP contribution in [-0.4, -0.2) is 17.0 Å².